The molecular formula is C12H10N2O2. The summed E-state index contributed by atoms with van der Waals surface area (Å²) in [5.41, 5.74) is 7.27. The quantitative estimate of drug-likeness (QED) is 0.471. The Bertz CT molecular complexity index is 596. The van der Waals surface area contributed by atoms with Crippen molar-refractivity contribution in [1.29, 1.82) is 0 Å². The van der Waals surface area contributed by atoms with Gasteiger partial charge in [0.25, 0.3) is 5.91 Å². The minimum absolute atomic E-state index is 0.288. The van der Waals surface area contributed by atoms with Crippen molar-refractivity contribution in [2.45, 2.75) is 0 Å². The van der Waals surface area contributed by atoms with Gasteiger partial charge in [-0.2, -0.15) is 0 Å². The number of hydrogen-bond donors (Lipinski definition) is 1. The van der Waals surface area contributed by atoms with Gasteiger partial charge in [0.1, 0.15) is 0 Å². The molecule has 4 heteroatoms. The van der Waals surface area contributed by atoms with Gasteiger partial charge in [-0.15, -0.1) is 0 Å². The van der Waals surface area contributed by atoms with Crippen molar-refractivity contribution in [3.8, 4) is 0 Å². The summed E-state index contributed by atoms with van der Waals surface area (Å²) in [5, 5.41) is 0.708. The van der Waals surface area contributed by atoms with E-state index in [0.717, 1.165) is 0 Å². The van der Waals surface area contributed by atoms with Gasteiger partial charge in [0.15, 0.2) is 6.29 Å². The molecule has 0 saturated heterocycles. The molecule has 0 aliphatic rings. The van der Waals surface area contributed by atoms with Crippen LogP contribution in [0.3, 0.4) is 0 Å². The van der Waals surface area contributed by atoms with Gasteiger partial charge >= 0.3 is 0 Å². The van der Waals surface area contributed by atoms with Gasteiger partial charge in [-0.1, -0.05) is 12.6 Å². The first kappa shape index (κ1) is 10.2. The van der Waals surface area contributed by atoms with Gasteiger partial charge < -0.3 is 5.73 Å². The highest BCUT2D eigenvalue weighted by Crippen LogP contribution is 2.22. The zero-order valence-corrected chi connectivity index (χ0v) is 8.51. The van der Waals surface area contributed by atoms with Crippen molar-refractivity contribution >= 4 is 28.8 Å². The third-order valence-corrected chi connectivity index (χ3v) is 2.40. The topological polar surface area (TPSA) is 65.1 Å². The van der Waals surface area contributed by atoms with Crippen molar-refractivity contribution < 1.29 is 9.59 Å². The van der Waals surface area contributed by atoms with E-state index in [0.29, 0.717) is 28.4 Å². The second-order valence-electron chi connectivity index (χ2n) is 3.39. The first-order valence-electron chi connectivity index (χ1n) is 4.70. The number of fused-ring (bicyclic) bond motifs is 1. The normalized spacial score (nSPS) is 10.2. The van der Waals surface area contributed by atoms with Gasteiger partial charge in [0.05, 0.1) is 5.52 Å². The Morgan fingerprint density at radius 1 is 1.44 bits per heavy atom. The summed E-state index contributed by atoms with van der Waals surface area (Å²) in [6.45, 7) is 3.41. The van der Waals surface area contributed by atoms with E-state index in [1.165, 1.54) is 16.8 Å². The van der Waals surface area contributed by atoms with Crippen molar-refractivity contribution in [3.05, 3.63) is 42.6 Å². The van der Waals surface area contributed by atoms with Gasteiger partial charge in [0, 0.05) is 22.8 Å². The van der Waals surface area contributed by atoms with E-state index in [2.05, 4.69) is 6.58 Å². The van der Waals surface area contributed by atoms with Crippen LogP contribution in [0.15, 0.2) is 37.1 Å². The zero-order valence-electron chi connectivity index (χ0n) is 8.51. The average molecular weight is 214 g/mol. The second-order valence-corrected chi connectivity index (χ2v) is 3.39. The SMILES string of the molecule is C=CC(=O)n1cc(C=O)c2ccc(N)cc21. The number of nitrogen functional groups attached to an aromatic ring is 1. The summed E-state index contributed by atoms with van der Waals surface area (Å²) in [6.07, 6.45) is 3.39. The molecule has 80 valence electrons. The lowest BCUT2D eigenvalue weighted by atomic mass is 10.2. The zero-order chi connectivity index (χ0) is 11.7. The average Bonchev–Trinajstić information content (AvgIpc) is 2.66. The monoisotopic (exact) mass is 214 g/mol. The molecule has 1 aromatic heterocycles. The van der Waals surface area contributed by atoms with Crippen LogP contribution >= 0.6 is 0 Å². The molecule has 0 aliphatic heterocycles. The molecule has 2 rings (SSSR count). The Labute approximate surface area is 92.0 Å². The Morgan fingerprint density at radius 3 is 2.81 bits per heavy atom. The highest BCUT2D eigenvalue weighted by atomic mass is 16.2. The molecular weight excluding hydrogens is 204 g/mol. The fourth-order valence-electron chi connectivity index (χ4n) is 1.64. The molecule has 2 aromatic rings. The van der Waals surface area contributed by atoms with Crippen molar-refractivity contribution in [2.75, 3.05) is 5.73 Å². The Kier molecular flexibility index (Phi) is 2.32. The maximum atomic E-state index is 11.6. The third kappa shape index (κ3) is 1.40. The number of nitrogens with two attached hydrogens (primary N) is 1. The third-order valence-electron chi connectivity index (χ3n) is 2.40. The summed E-state index contributed by atoms with van der Waals surface area (Å²) in [6, 6.07) is 5.07. The van der Waals surface area contributed by atoms with Crippen LogP contribution in [0.2, 0.25) is 0 Å². The first-order chi connectivity index (χ1) is 7.67. The molecule has 2 N–H and O–H groups in total. The van der Waals surface area contributed by atoms with Crippen LogP contribution in [0.5, 0.6) is 0 Å². The van der Waals surface area contributed by atoms with Crippen LogP contribution in [0.1, 0.15) is 15.2 Å². The molecule has 0 fully saturated rings. The second kappa shape index (κ2) is 3.66. The molecule has 0 aliphatic carbocycles. The number of rotatable bonds is 2. The molecule has 4 nitrogen and oxygen atoms in total. The maximum Gasteiger partial charge on any atom is 0.254 e. The minimum atomic E-state index is -0.288. The summed E-state index contributed by atoms with van der Waals surface area (Å²) >= 11 is 0. The van der Waals surface area contributed by atoms with E-state index in [-0.39, 0.29) is 5.91 Å². The minimum Gasteiger partial charge on any atom is -0.399 e. The summed E-state index contributed by atoms with van der Waals surface area (Å²) in [5.74, 6) is -0.288. The highest BCUT2D eigenvalue weighted by Gasteiger charge is 2.11. The lowest BCUT2D eigenvalue weighted by molar-refractivity contribution is 0.0974. The number of carbonyl (C=O) groups excluding carboxylic acids is 2. The molecule has 0 spiro atoms. The molecule has 0 radical (unpaired) electrons. The first-order valence-corrected chi connectivity index (χ1v) is 4.70. The van der Waals surface area contributed by atoms with E-state index in [1.54, 1.807) is 18.2 Å². The number of allylic oxidation sites excluding steroid dienone is 1. The van der Waals surface area contributed by atoms with Crippen molar-refractivity contribution in [2.24, 2.45) is 0 Å². The number of benzene rings is 1. The fourth-order valence-corrected chi connectivity index (χ4v) is 1.64. The van der Waals surface area contributed by atoms with E-state index in [9.17, 15) is 9.59 Å². The number of aldehydes is 1. The van der Waals surface area contributed by atoms with Crippen LogP contribution in [0.25, 0.3) is 10.9 Å². The predicted molar refractivity (Wildman–Crippen MR) is 62.6 cm³/mol. The summed E-state index contributed by atoms with van der Waals surface area (Å²) < 4.78 is 1.36. The van der Waals surface area contributed by atoms with Crippen molar-refractivity contribution in [3.63, 3.8) is 0 Å². The Balaban J connectivity index is 2.83. The van der Waals surface area contributed by atoms with E-state index < -0.39 is 0 Å². The number of anilines is 1. The van der Waals surface area contributed by atoms with Crippen LogP contribution in [-0.4, -0.2) is 16.8 Å². The molecule has 16 heavy (non-hydrogen) atoms. The number of nitrogens with zero attached hydrogens (tertiary/aromatic N) is 1. The number of aromatic nitrogens is 1. The summed E-state index contributed by atoms with van der Waals surface area (Å²) in [4.78, 5) is 22.4. The standard InChI is InChI=1S/C12H10N2O2/c1-2-12(16)14-6-8(7-15)10-4-3-9(13)5-11(10)14/h2-7H,1,13H2. The fraction of sp³-hybridized carbons (Fsp3) is 0. The smallest absolute Gasteiger partial charge is 0.254 e. The molecule has 1 aromatic carbocycles. The predicted octanol–water partition coefficient (Wildman–Crippen LogP) is 1.86. The van der Waals surface area contributed by atoms with Crippen molar-refractivity contribution in [1.82, 2.24) is 4.57 Å². The lowest BCUT2D eigenvalue weighted by Gasteiger charge is -2.00. The largest absolute Gasteiger partial charge is 0.399 e. The Hall–Kier alpha value is -2.36. The molecule has 0 bridgehead atoms. The van der Waals surface area contributed by atoms with Gasteiger partial charge in [0.2, 0.25) is 0 Å². The van der Waals surface area contributed by atoms with E-state index in [1.807, 2.05) is 0 Å². The molecule has 0 unspecified atom stereocenters. The van der Waals surface area contributed by atoms with E-state index in [4.69, 9.17) is 5.73 Å². The number of hydrogen-bond acceptors (Lipinski definition) is 3. The highest BCUT2D eigenvalue weighted by molar-refractivity contribution is 6.05. The molecule has 0 saturated carbocycles. The van der Waals surface area contributed by atoms with Crippen LogP contribution in [0, 0.1) is 0 Å². The Morgan fingerprint density at radius 2 is 2.19 bits per heavy atom. The maximum absolute atomic E-state index is 11.6. The molecule has 0 amide bonds. The lowest BCUT2D eigenvalue weighted by Crippen LogP contribution is -2.04. The molecule has 1 heterocycles. The van der Waals surface area contributed by atoms with Gasteiger partial charge in [-0.05, 0) is 18.2 Å². The summed E-state index contributed by atoms with van der Waals surface area (Å²) in [7, 11) is 0. The van der Waals surface area contributed by atoms with E-state index >= 15 is 0 Å². The van der Waals surface area contributed by atoms with Gasteiger partial charge in [-0.3, -0.25) is 14.2 Å². The van der Waals surface area contributed by atoms with Crippen LogP contribution < -0.4 is 5.73 Å². The van der Waals surface area contributed by atoms with Crippen LogP contribution in [-0.2, 0) is 0 Å². The van der Waals surface area contributed by atoms with Crippen LogP contribution in [0.4, 0.5) is 5.69 Å². The number of carbonyl (C=O) groups is 2. The molecule has 0 atom stereocenters. The van der Waals surface area contributed by atoms with Gasteiger partial charge in [-0.25, -0.2) is 0 Å².